The number of methoxy groups -OCH3 is 2. The second-order valence-electron chi connectivity index (χ2n) is 7.77. The van der Waals surface area contributed by atoms with Crippen LogP contribution in [0.5, 0.6) is 0 Å². The summed E-state index contributed by atoms with van der Waals surface area (Å²) in [6, 6.07) is 6.97. The van der Waals surface area contributed by atoms with Crippen molar-refractivity contribution in [1.82, 2.24) is 19.9 Å². The summed E-state index contributed by atoms with van der Waals surface area (Å²) in [4.78, 5) is 41.8. The molecule has 2 aromatic heterocycles. The van der Waals surface area contributed by atoms with Crippen molar-refractivity contribution in [1.29, 1.82) is 0 Å². The molecule has 0 saturated carbocycles. The Hall–Kier alpha value is -4.25. The van der Waals surface area contributed by atoms with E-state index in [-0.39, 0.29) is 10.7 Å². The van der Waals surface area contributed by atoms with E-state index < -0.39 is 24.0 Å². The minimum atomic E-state index is -0.994. The van der Waals surface area contributed by atoms with Crippen molar-refractivity contribution in [2.24, 2.45) is 0 Å². The third kappa shape index (κ3) is 4.52. The van der Waals surface area contributed by atoms with Crippen molar-refractivity contribution in [2.45, 2.75) is 19.9 Å². The van der Waals surface area contributed by atoms with Crippen LogP contribution in [0, 0.1) is 12.7 Å². The van der Waals surface area contributed by atoms with E-state index in [2.05, 4.69) is 25.3 Å². The fourth-order valence-electron chi connectivity index (χ4n) is 3.92. The SMILES string of the molecule is COC(=O)N(C(=O)OC)c1c(C)c(Cl)cc(C(C)Nc2ncnc3nc[nH]c23)c1-c1cccc(F)c1. The fraction of sp³-hybridized carbons (Fsp3) is 0.208. The van der Waals surface area contributed by atoms with Crippen molar-refractivity contribution >= 4 is 46.5 Å². The van der Waals surface area contributed by atoms with Crippen LogP contribution in [0.2, 0.25) is 5.02 Å². The average Bonchev–Trinajstić information content (AvgIpc) is 3.36. The Balaban J connectivity index is 1.98. The Labute approximate surface area is 210 Å². The van der Waals surface area contributed by atoms with Crippen LogP contribution in [-0.2, 0) is 9.47 Å². The average molecular weight is 513 g/mol. The summed E-state index contributed by atoms with van der Waals surface area (Å²) < 4.78 is 24.1. The number of imidazole rings is 1. The Morgan fingerprint density at radius 3 is 2.53 bits per heavy atom. The van der Waals surface area contributed by atoms with Gasteiger partial charge in [-0.15, -0.1) is 0 Å². The van der Waals surface area contributed by atoms with E-state index in [0.717, 1.165) is 19.1 Å². The number of rotatable bonds is 5. The van der Waals surface area contributed by atoms with E-state index in [0.29, 0.717) is 39.2 Å². The number of halogens is 2. The molecule has 10 nitrogen and oxygen atoms in total. The molecular weight excluding hydrogens is 491 g/mol. The zero-order chi connectivity index (χ0) is 26.0. The maximum absolute atomic E-state index is 14.4. The lowest BCUT2D eigenvalue weighted by Crippen LogP contribution is -2.38. The first-order chi connectivity index (χ1) is 17.3. The maximum atomic E-state index is 14.4. The zero-order valence-electron chi connectivity index (χ0n) is 19.8. The number of ether oxygens (including phenoxy) is 2. The maximum Gasteiger partial charge on any atom is 0.423 e. The molecule has 0 fully saturated rings. The van der Waals surface area contributed by atoms with E-state index >= 15 is 0 Å². The van der Waals surface area contributed by atoms with Gasteiger partial charge in [-0.2, -0.15) is 4.90 Å². The molecule has 1 unspecified atom stereocenters. The van der Waals surface area contributed by atoms with E-state index in [1.807, 2.05) is 6.92 Å². The van der Waals surface area contributed by atoms with Crippen LogP contribution in [0.1, 0.15) is 24.1 Å². The first kappa shape index (κ1) is 24.9. The van der Waals surface area contributed by atoms with Crippen LogP contribution in [0.25, 0.3) is 22.3 Å². The van der Waals surface area contributed by atoms with E-state index in [1.54, 1.807) is 19.1 Å². The summed E-state index contributed by atoms with van der Waals surface area (Å²) >= 11 is 6.60. The van der Waals surface area contributed by atoms with Crippen molar-refractivity contribution in [3.05, 3.63) is 65.0 Å². The highest BCUT2D eigenvalue weighted by molar-refractivity contribution is 6.32. The molecule has 0 bridgehead atoms. The van der Waals surface area contributed by atoms with E-state index in [4.69, 9.17) is 21.1 Å². The number of amides is 2. The summed E-state index contributed by atoms with van der Waals surface area (Å²) in [6.07, 6.45) is 0.881. The van der Waals surface area contributed by atoms with Crippen molar-refractivity contribution in [2.75, 3.05) is 24.4 Å². The number of aromatic amines is 1. The molecule has 0 aliphatic heterocycles. The van der Waals surface area contributed by atoms with Crippen LogP contribution < -0.4 is 10.2 Å². The Morgan fingerprint density at radius 2 is 1.86 bits per heavy atom. The summed E-state index contributed by atoms with van der Waals surface area (Å²) in [7, 11) is 2.27. The third-order valence-electron chi connectivity index (χ3n) is 5.62. The molecular formula is C24H22ClFN6O4. The predicted octanol–water partition coefficient (Wildman–Crippen LogP) is 5.63. The van der Waals surface area contributed by atoms with Gasteiger partial charge in [-0.05, 0) is 48.7 Å². The van der Waals surface area contributed by atoms with Gasteiger partial charge in [0.05, 0.1) is 32.3 Å². The van der Waals surface area contributed by atoms with Crippen molar-refractivity contribution in [3.8, 4) is 11.1 Å². The third-order valence-corrected chi connectivity index (χ3v) is 6.01. The number of benzene rings is 2. The molecule has 36 heavy (non-hydrogen) atoms. The second-order valence-corrected chi connectivity index (χ2v) is 8.18. The lowest BCUT2D eigenvalue weighted by molar-refractivity contribution is 0.159. The number of nitrogens with one attached hydrogen (secondary N) is 2. The molecule has 0 saturated heterocycles. The molecule has 186 valence electrons. The molecule has 2 N–H and O–H groups in total. The number of carbonyl (C=O) groups excluding carboxylic acids is 2. The Morgan fingerprint density at radius 1 is 1.14 bits per heavy atom. The predicted molar refractivity (Wildman–Crippen MR) is 133 cm³/mol. The van der Waals surface area contributed by atoms with Gasteiger partial charge >= 0.3 is 12.2 Å². The lowest BCUT2D eigenvalue weighted by atomic mass is 9.90. The Bertz CT molecular complexity index is 1440. The molecule has 0 spiro atoms. The first-order valence-corrected chi connectivity index (χ1v) is 11.1. The molecule has 12 heteroatoms. The van der Waals surface area contributed by atoms with Crippen molar-refractivity contribution in [3.63, 3.8) is 0 Å². The van der Waals surface area contributed by atoms with Crippen LogP contribution in [0.4, 0.5) is 25.5 Å². The van der Waals surface area contributed by atoms with Gasteiger partial charge in [0.15, 0.2) is 11.5 Å². The number of nitrogens with zero attached hydrogens (tertiary/aromatic N) is 4. The quantitative estimate of drug-likeness (QED) is 0.352. The summed E-state index contributed by atoms with van der Waals surface area (Å²) in [6.45, 7) is 3.47. The molecule has 0 radical (unpaired) electrons. The number of anilines is 2. The number of imide groups is 1. The van der Waals surface area contributed by atoms with Crippen LogP contribution in [0.15, 0.2) is 43.0 Å². The molecule has 4 aromatic rings. The minimum absolute atomic E-state index is 0.102. The van der Waals surface area contributed by atoms with Crippen molar-refractivity contribution < 1.29 is 23.5 Å². The molecule has 0 aliphatic carbocycles. The second kappa shape index (κ2) is 10.2. The number of aromatic nitrogens is 4. The number of hydrogen-bond donors (Lipinski definition) is 2. The van der Waals surface area contributed by atoms with Crippen LogP contribution in [0.3, 0.4) is 0 Å². The monoisotopic (exact) mass is 512 g/mol. The van der Waals surface area contributed by atoms with Gasteiger partial charge in [0.25, 0.3) is 0 Å². The highest BCUT2D eigenvalue weighted by Gasteiger charge is 2.33. The van der Waals surface area contributed by atoms with Gasteiger partial charge < -0.3 is 19.8 Å². The van der Waals surface area contributed by atoms with Gasteiger partial charge in [-0.1, -0.05) is 23.7 Å². The molecule has 0 aliphatic rings. The van der Waals surface area contributed by atoms with Gasteiger partial charge in [-0.3, -0.25) is 0 Å². The highest BCUT2D eigenvalue weighted by atomic mass is 35.5. The Kier molecular flexibility index (Phi) is 7.02. The molecule has 4 rings (SSSR count). The number of hydrogen-bond acceptors (Lipinski definition) is 8. The zero-order valence-corrected chi connectivity index (χ0v) is 20.6. The van der Waals surface area contributed by atoms with E-state index in [1.165, 1.54) is 30.9 Å². The molecule has 1 atom stereocenters. The summed E-state index contributed by atoms with van der Waals surface area (Å²) in [5.74, 6) is -0.0403. The topological polar surface area (TPSA) is 122 Å². The number of H-pyrrole nitrogens is 1. The normalized spacial score (nSPS) is 11.7. The van der Waals surface area contributed by atoms with Crippen LogP contribution in [-0.4, -0.2) is 46.3 Å². The number of fused-ring (bicyclic) bond motifs is 1. The molecule has 2 amide bonds. The molecule has 2 aromatic carbocycles. The van der Waals surface area contributed by atoms with Gasteiger partial charge in [0.1, 0.15) is 17.7 Å². The highest BCUT2D eigenvalue weighted by Crippen LogP contribution is 2.44. The first-order valence-electron chi connectivity index (χ1n) is 10.7. The number of carbonyl (C=O) groups is 2. The fourth-order valence-corrected chi connectivity index (χ4v) is 4.13. The van der Waals surface area contributed by atoms with E-state index in [9.17, 15) is 14.0 Å². The van der Waals surface area contributed by atoms with Gasteiger partial charge in [0, 0.05) is 10.6 Å². The molecule has 2 heterocycles. The summed E-state index contributed by atoms with van der Waals surface area (Å²) in [5.41, 5.74) is 2.87. The standard InChI is InChI=1S/C24H22ClFN6O4/c1-12-17(25)9-16(13(2)31-22-19-21(28-10-27-19)29-11-30-22)18(14-6-5-7-15(26)8-14)20(12)32(23(33)35-3)24(34)36-4/h5-11,13H,1-4H3,(H2,27,28,29,30,31). The minimum Gasteiger partial charge on any atom is -0.452 e. The lowest BCUT2D eigenvalue weighted by Gasteiger charge is -2.28. The van der Waals surface area contributed by atoms with Gasteiger partial charge in [-0.25, -0.2) is 28.9 Å². The largest absolute Gasteiger partial charge is 0.452 e. The van der Waals surface area contributed by atoms with Crippen LogP contribution >= 0.6 is 11.6 Å². The smallest absolute Gasteiger partial charge is 0.423 e. The summed E-state index contributed by atoms with van der Waals surface area (Å²) in [5, 5.41) is 3.55. The van der Waals surface area contributed by atoms with Gasteiger partial charge in [0.2, 0.25) is 0 Å².